The summed E-state index contributed by atoms with van der Waals surface area (Å²) in [7, 11) is -4.69. The molecule has 0 bridgehead atoms. The summed E-state index contributed by atoms with van der Waals surface area (Å²) < 4.78 is 43.4. The third-order valence-corrected chi connectivity index (χ3v) is 5.71. The first-order chi connectivity index (χ1) is 14.9. The van der Waals surface area contributed by atoms with Crippen LogP contribution < -0.4 is 5.73 Å². The number of aromatic nitrogens is 6. The molecule has 5 aromatic rings. The molecule has 0 radical (unpaired) electrons. The van der Waals surface area contributed by atoms with Gasteiger partial charge in [-0.2, -0.15) is 23.0 Å². The molecule has 12 heteroatoms. The fourth-order valence-corrected chi connectivity index (χ4v) is 3.84. The van der Waals surface area contributed by atoms with Gasteiger partial charge in [0.1, 0.15) is 0 Å². The molecule has 0 aliphatic rings. The third-order valence-electron chi connectivity index (χ3n) is 4.88. The van der Waals surface area contributed by atoms with Crippen LogP contribution in [-0.2, 0) is 23.2 Å². The number of benzene rings is 1. The Kier molecular flexibility index (Phi) is 4.43. The molecule has 0 aliphatic heterocycles. The van der Waals surface area contributed by atoms with Crippen molar-refractivity contribution >= 4 is 32.9 Å². The number of anilines is 1. The lowest BCUT2D eigenvalue weighted by atomic mass is 10.1. The van der Waals surface area contributed by atoms with E-state index < -0.39 is 10.2 Å². The van der Waals surface area contributed by atoms with Gasteiger partial charge in [-0.15, -0.1) is 8.98 Å². The molecular weight excluding hydrogens is 425 g/mol. The number of aryl methyl sites for hydroxylation is 2. The van der Waals surface area contributed by atoms with Crippen molar-refractivity contribution in [3.05, 3.63) is 54.4 Å². The zero-order chi connectivity index (χ0) is 21.6. The van der Waals surface area contributed by atoms with E-state index in [0.717, 1.165) is 5.56 Å². The Morgan fingerprint density at radius 3 is 2.61 bits per heavy atom. The zero-order valence-electron chi connectivity index (χ0n) is 16.0. The van der Waals surface area contributed by atoms with Gasteiger partial charge in [-0.1, -0.05) is 12.1 Å². The molecule has 0 saturated carbocycles. The molecule has 0 spiro atoms. The van der Waals surface area contributed by atoms with Crippen LogP contribution in [0.4, 0.5) is 9.83 Å². The van der Waals surface area contributed by atoms with E-state index in [1.807, 2.05) is 0 Å². The van der Waals surface area contributed by atoms with Crippen molar-refractivity contribution in [2.75, 3.05) is 5.73 Å². The predicted octanol–water partition coefficient (Wildman–Crippen LogP) is 2.61. The van der Waals surface area contributed by atoms with Crippen molar-refractivity contribution in [2.45, 2.75) is 24.3 Å². The second kappa shape index (κ2) is 7.16. The average molecular weight is 441 g/mol. The maximum atomic E-state index is 13.0. The topological polar surface area (TPSA) is 134 Å². The van der Waals surface area contributed by atoms with E-state index in [0.29, 0.717) is 47.7 Å². The molecule has 0 atom stereocenters. The summed E-state index contributed by atoms with van der Waals surface area (Å²) in [5, 5.41) is 9.46. The van der Waals surface area contributed by atoms with Gasteiger partial charge in [-0.3, -0.25) is 0 Å². The molecule has 0 aliphatic carbocycles. The van der Waals surface area contributed by atoms with Crippen molar-refractivity contribution in [3.63, 3.8) is 0 Å². The second-order valence-electron chi connectivity index (χ2n) is 6.91. The Bertz CT molecular complexity index is 1490. The van der Waals surface area contributed by atoms with Crippen molar-refractivity contribution in [3.8, 4) is 11.6 Å². The SMILES string of the molecule is Nc1nc2c(cnn2CCCc2ccc(S(=O)(=O)F)cc2)c2nc(-c3ccco3)nn12. The normalized spacial score (nSPS) is 12.2. The molecule has 158 valence electrons. The largest absolute Gasteiger partial charge is 0.461 e. The maximum Gasteiger partial charge on any atom is 0.332 e. The Morgan fingerprint density at radius 2 is 1.90 bits per heavy atom. The molecule has 0 fully saturated rings. The van der Waals surface area contributed by atoms with Gasteiger partial charge in [0.25, 0.3) is 0 Å². The Labute approximate surface area is 175 Å². The van der Waals surface area contributed by atoms with Gasteiger partial charge < -0.3 is 10.2 Å². The van der Waals surface area contributed by atoms with Crippen LogP contribution in [0.2, 0.25) is 0 Å². The second-order valence-corrected chi connectivity index (χ2v) is 8.26. The summed E-state index contributed by atoms with van der Waals surface area (Å²) in [6.45, 7) is 0.550. The van der Waals surface area contributed by atoms with Crippen LogP contribution in [0, 0.1) is 0 Å². The summed E-state index contributed by atoms with van der Waals surface area (Å²) >= 11 is 0. The highest BCUT2D eigenvalue weighted by atomic mass is 32.3. The lowest BCUT2D eigenvalue weighted by Crippen LogP contribution is -2.07. The fourth-order valence-electron chi connectivity index (χ4n) is 3.38. The fraction of sp³-hybridized carbons (Fsp3) is 0.158. The van der Waals surface area contributed by atoms with Crippen LogP contribution in [0.15, 0.2) is 58.2 Å². The molecule has 1 aromatic carbocycles. The number of hydrogen-bond acceptors (Lipinski definition) is 8. The number of halogens is 1. The first-order valence-corrected chi connectivity index (χ1v) is 10.7. The summed E-state index contributed by atoms with van der Waals surface area (Å²) in [5.74, 6) is 1.10. The summed E-state index contributed by atoms with van der Waals surface area (Å²) in [6, 6.07) is 9.22. The van der Waals surface area contributed by atoms with Crippen molar-refractivity contribution < 1.29 is 16.7 Å². The first-order valence-electron chi connectivity index (χ1n) is 9.35. The number of nitrogens with two attached hydrogens (primary N) is 1. The van der Waals surface area contributed by atoms with Gasteiger partial charge in [0.15, 0.2) is 17.1 Å². The van der Waals surface area contributed by atoms with E-state index >= 15 is 0 Å². The third kappa shape index (κ3) is 3.50. The highest BCUT2D eigenvalue weighted by Crippen LogP contribution is 2.23. The molecule has 5 rings (SSSR count). The lowest BCUT2D eigenvalue weighted by Gasteiger charge is -2.05. The van der Waals surface area contributed by atoms with Crippen LogP contribution in [-0.4, -0.2) is 37.8 Å². The minimum Gasteiger partial charge on any atom is -0.461 e. The molecule has 31 heavy (non-hydrogen) atoms. The monoisotopic (exact) mass is 441 g/mol. The summed E-state index contributed by atoms with van der Waals surface area (Å²) in [6.07, 6.45) is 4.56. The van der Waals surface area contributed by atoms with E-state index in [4.69, 9.17) is 10.2 Å². The number of hydrogen-bond donors (Lipinski definition) is 1. The van der Waals surface area contributed by atoms with Gasteiger partial charge in [0.05, 0.1) is 22.7 Å². The number of furan rings is 1. The lowest BCUT2D eigenvalue weighted by molar-refractivity contribution is 0.552. The maximum absolute atomic E-state index is 13.0. The average Bonchev–Trinajstić information content (AvgIpc) is 3.47. The van der Waals surface area contributed by atoms with Gasteiger partial charge in [0, 0.05) is 6.54 Å². The molecule has 0 unspecified atom stereocenters. The molecule has 0 saturated heterocycles. The summed E-state index contributed by atoms with van der Waals surface area (Å²) in [5.41, 5.74) is 8.09. The number of nitrogens with zero attached hydrogens (tertiary/aromatic N) is 6. The molecule has 0 amide bonds. The minimum atomic E-state index is -4.69. The first kappa shape index (κ1) is 19.2. The standard InChI is InChI=1S/C19H16FN7O3S/c20-31(28,29)13-7-5-12(6-8-13)3-1-9-26-17-14(11-22-26)18-23-16(15-4-2-10-30-15)25-27(18)19(21)24-17/h2,4-8,10-11H,1,3,9H2,(H2,21,24). The van der Waals surface area contributed by atoms with Crippen LogP contribution in [0.5, 0.6) is 0 Å². The Balaban J connectivity index is 1.38. The minimum absolute atomic E-state index is 0.178. The van der Waals surface area contributed by atoms with Crippen LogP contribution in [0.25, 0.3) is 28.3 Å². The summed E-state index contributed by atoms with van der Waals surface area (Å²) in [4.78, 5) is 8.59. The van der Waals surface area contributed by atoms with Crippen LogP contribution >= 0.6 is 0 Å². The van der Waals surface area contributed by atoms with Gasteiger partial charge >= 0.3 is 10.2 Å². The van der Waals surface area contributed by atoms with E-state index in [-0.39, 0.29) is 10.8 Å². The number of fused-ring (bicyclic) bond motifs is 3. The van der Waals surface area contributed by atoms with Crippen molar-refractivity contribution in [1.29, 1.82) is 0 Å². The number of nitrogen functional groups attached to an aromatic ring is 1. The van der Waals surface area contributed by atoms with Crippen LogP contribution in [0.3, 0.4) is 0 Å². The van der Waals surface area contributed by atoms with E-state index in [1.54, 1.807) is 41.4 Å². The predicted molar refractivity (Wildman–Crippen MR) is 109 cm³/mol. The molecular formula is C19H16FN7O3S. The molecule has 4 aromatic heterocycles. The Hall–Kier alpha value is -3.80. The van der Waals surface area contributed by atoms with Gasteiger partial charge in [-0.25, -0.2) is 9.67 Å². The van der Waals surface area contributed by atoms with E-state index in [2.05, 4.69) is 20.2 Å². The van der Waals surface area contributed by atoms with Crippen LogP contribution in [0.1, 0.15) is 12.0 Å². The Morgan fingerprint density at radius 1 is 1.10 bits per heavy atom. The molecule has 4 heterocycles. The number of rotatable bonds is 6. The highest BCUT2D eigenvalue weighted by Gasteiger charge is 2.17. The molecule has 2 N–H and O–H groups in total. The smallest absolute Gasteiger partial charge is 0.332 e. The van der Waals surface area contributed by atoms with E-state index in [1.165, 1.54) is 16.6 Å². The highest BCUT2D eigenvalue weighted by molar-refractivity contribution is 7.86. The van der Waals surface area contributed by atoms with Gasteiger partial charge in [-0.05, 0) is 42.7 Å². The quantitative estimate of drug-likeness (QED) is 0.397. The molecule has 10 nitrogen and oxygen atoms in total. The van der Waals surface area contributed by atoms with Gasteiger partial charge in [0.2, 0.25) is 11.8 Å². The van der Waals surface area contributed by atoms with Crippen molar-refractivity contribution in [2.24, 2.45) is 0 Å². The van der Waals surface area contributed by atoms with Crippen molar-refractivity contribution in [1.82, 2.24) is 29.4 Å². The van der Waals surface area contributed by atoms with E-state index in [9.17, 15) is 12.3 Å². The zero-order valence-corrected chi connectivity index (χ0v) is 16.8.